The summed E-state index contributed by atoms with van der Waals surface area (Å²) in [5.74, 6) is -0.228. The minimum Gasteiger partial charge on any atom is -0.493 e. The van der Waals surface area contributed by atoms with Crippen molar-refractivity contribution < 1.29 is 19.1 Å². The third kappa shape index (κ3) is 3.09. The molecule has 0 aromatic heterocycles. The lowest BCUT2D eigenvalue weighted by Crippen LogP contribution is -2.48. The first kappa shape index (κ1) is 18.0. The number of nitrogens with zero attached hydrogens (tertiary/aromatic N) is 1. The Kier molecular flexibility index (Phi) is 4.50. The molecule has 2 heterocycles. The van der Waals surface area contributed by atoms with Gasteiger partial charge in [-0.1, -0.05) is 48.0 Å². The Morgan fingerprint density at radius 3 is 2.71 bits per heavy atom. The maximum absolute atomic E-state index is 13.1. The Labute approximate surface area is 162 Å². The Bertz CT molecular complexity index is 941. The number of carbonyl (C=O) groups is 3. The third-order valence-corrected chi connectivity index (χ3v) is 5.17. The molecule has 28 heavy (non-hydrogen) atoms. The van der Waals surface area contributed by atoms with E-state index >= 15 is 0 Å². The number of rotatable bonds is 4. The summed E-state index contributed by atoms with van der Waals surface area (Å²) < 4.78 is 5.60. The Morgan fingerprint density at radius 2 is 1.93 bits per heavy atom. The summed E-state index contributed by atoms with van der Waals surface area (Å²) in [6.07, 6.45) is 0.329. The van der Waals surface area contributed by atoms with E-state index in [-0.39, 0.29) is 12.5 Å². The molecule has 1 unspecified atom stereocenters. The van der Waals surface area contributed by atoms with Crippen LogP contribution in [0.1, 0.15) is 23.1 Å². The van der Waals surface area contributed by atoms with E-state index in [0.717, 1.165) is 16.0 Å². The van der Waals surface area contributed by atoms with Crippen molar-refractivity contribution >= 4 is 17.8 Å². The molecule has 2 aliphatic rings. The van der Waals surface area contributed by atoms with E-state index in [4.69, 9.17) is 4.74 Å². The minimum absolute atomic E-state index is 0.316. The fraction of sp³-hybridized carbons (Fsp3) is 0.286. The van der Waals surface area contributed by atoms with Crippen LogP contribution in [-0.2, 0) is 21.7 Å². The molecule has 2 aromatic rings. The van der Waals surface area contributed by atoms with Gasteiger partial charge in [0.25, 0.3) is 5.91 Å². The predicted molar refractivity (Wildman–Crippen MR) is 102 cm³/mol. The van der Waals surface area contributed by atoms with E-state index in [9.17, 15) is 14.4 Å². The van der Waals surface area contributed by atoms with Gasteiger partial charge >= 0.3 is 6.03 Å². The second-order valence-electron chi connectivity index (χ2n) is 7.08. The van der Waals surface area contributed by atoms with Gasteiger partial charge in [0.15, 0.2) is 5.54 Å². The van der Waals surface area contributed by atoms with Gasteiger partial charge in [-0.05, 0) is 18.6 Å². The minimum atomic E-state index is -1.16. The van der Waals surface area contributed by atoms with Crippen molar-refractivity contribution in [3.05, 3.63) is 65.2 Å². The summed E-state index contributed by atoms with van der Waals surface area (Å²) >= 11 is 0. The number of urea groups is 1. The first-order chi connectivity index (χ1) is 13.5. The normalized spacial score (nSPS) is 20.5. The van der Waals surface area contributed by atoms with Gasteiger partial charge in [0.1, 0.15) is 12.3 Å². The molecule has 0 aliphatic carbocycles. The molecule has 2 N–H and O–H groups in total. The standard InChI is InChI=1S/C21H21N3O4/c1-14-6-8-15(9-7-14)12-22-18(25)13-24-19(26)21(23-20(24)27)10-11-28-17-5-3-2-4-16(17)21/h2-9H,10-13H2,1H3,(H,22,25)(H,23,27). The van der Waals surface area contributed by atoms with Gasteiger partial charge in [-0.2, -0.15) is 0 Å². The van der Waals surface area contributed by atoms with Gasteiger partial charge in [0.2, 0.25) is 5.91 Å². The van der Waals surface area contributed by atoms with Crippen LogP contribution in [0.2, 0.25) is 0 Å². The molecular formula is C21H21N3O4. The molecule has 1 spiro atoms. The number of amides is 4. The number of hydrogen-bond acceptors (Lipinski definition) is 4. The fourth-order valence-corrected chi connectivity index (χ4v) is 3.62. The lowest BCUT2D eigenvalue weighted by molar-refractivity contribution is -0.136. The molecule has 4 amide bonds. The van der Waals surface area contributed by atoms with Crippen LogP contribution in [0.25, 0.3) is 0 Å². The molecule has 1 atom stereocenters. The first-order valence-corrected chi connectivity index (χ1v) is 9.18. The van der Waals surface area contributed by atoms with Gasteiger partial charge in [-0.15, -0.1) is 0 Å². The number of nitrogens with one attached hydrogen (secondary N) is 2. The molecular weight excluding hydrogens is 358 g/mol. The van der Waals surface area contributed by atoms with Crippen LogP contribution in [0, 0.1) is 6.92 Å². The zero-order chi connectivity index (χ0) is 19.7. The zero-order valence-electron chi connectivity index (χ0n) is 15.5. The number of para-hydroxylation sites is 1. The Balaban J connectivity index is 1.46. The summed E-state index contributed by atoms with van der Waals surface area (Å²) in [7, 11) is 0. The highest BCUT2D eigenvalue weighted by atomic mass is 16.5. The van der Waals surface area contributed by atoms with Gasteiger partial charge in [0, 0.05) is 18.5 Å². The van der Waals surface area contributed by atoms with E-state index < -0.39 is 17.5 Å². The van der Waals surface area contributed by atoms with Crippen molar-refractivity contribution in [2.75, 3.05) is 13.2 Å². The second kappa shape index (κ2) is 6.99. The molecule has 2 aromatic carbocycles. The molecule has 144 valence electrons. The summed E-state index contributed by atoms with van der Waals surface area (Å²) in [6, 6.07) is 14.4. The second-order valence-corrected chi connectivity index (χ2v) is 7.08. The van der Waals surface area contributed by atoms with Crippen LogP contribution in [0.3, 0.4) is 0 Å². The molecule has 4 rings (SSSR count). The van der Waals surface area contributed by atoms with Crippen LogP contribution >= 0.6 is 0 Å². The molecule has 2 aliphatic heterocycles. The van der Waals surface area contributed by atoms with Crippen molar-refractivity contribution in [2.24, 2.45) is 0 Å². The van der Waals surface area contributed by atoms with Crippen LogP contribution < -0.4 is 15.4 Å². The van der Waals surface area contributed by atoms with Crippen molar-refractivity contribution in [1.82, 2.24) is 15.5 Å². The van der Waals surface area contributed by atoms with Gasteiger partial charge in [0.05, 0.1) is 6.61 Å². The van der Waals surface area contributed by atoms with Gasteiger partial charge < -0.3 is 15.4 Å². The highest BCUT2D eigenvalue weighted by molar-refractivity contribution is 6.09. The van der Waals surface area contributed by atoms with E-state index in [0.29, 0.717) is 30.9 Å². The van der Waals surface area contributed by atoms with Crippen LogP contribution in [0.15, 0.2) is 48.5 Å². The number of aryl methyl sites for hydroxylation is 1. The van der Waals surface area contributed by atoms with Gasteiger partial charge in [-0.25, -0.2) is 4.79 Å². The van der Waals surface area contributed by atoms with Crippen molar-refractivity contribution in [3.63, 3.8) is 0 Å². The number of fused-ring (bicyclic) bond motifs is 2. The molecule has 7 heteroatoms. The highest BCUT2D eigenvalue weighted by Gasteiger charge is 2.55. The average Bonchev–Trinajstić information content (AvgIpc) is 2.93. The number of hydrogen-bond donors (Lipinski definition) is 2. The first-order valence-electron chi connectivity index (χ1n) is 9.18. The van der Waals surface area contributed by atoms with Crippen molar-refractivity contribution in [1.29, 1.82) is 0 Å². The molecule has 0 bridgehead atoms. The lowest BCUT2D eigenvalue weighted by Gasteiger charge is -2.33. The van der Waals surface area contributed by atoms with Crippen molar-refractivity contribution in [2.45, 2.75) is 25.4 Å². The molecule has 0 saturated carbocycles. The van der Waals surface area contributed by atoms with Crippen molar-refractivity contribution in [3.8, 4) is 5.75 Å². The number of ether oxygens (including phenoxy) is 1. The zero-order valence-corrected chi connectivity index (χ0v) is 15.5. The molecule has 1 saturated heterocycles. The fourth-order valence-electron chi connectivity index (χ4n) is 3.62. The largest absolute Gasteiger partial charge is 0.493 e. The predicted octanol–water partition coefficient (Wildman–Crippen LogP) is 1.84. The molecule has 7 nitrogen and oxygen atoms in total. The molecule has 1 fully saturated rings. The molecule has 0 radical (unpaired) electrons. The van der Waals surface area contributed by atoms with Crippen LogP contribution in [0.4, 0.5) is 4.79 Å². The van der Waals surface area contributed by atoms with Crippen LogP contribution in [-0.4, -0.2) is 35.9 Å². The highest BCUT2D eigenvalue weighted by Crippen LogP contribution is 2.40. The number of carbonyl (C=O) groups excluding carboxylic acids is 3. The summed E-state index contributed by atoms with van der Waals surface area (Å²) in [5.41, 5.74) is 1.55. The monoisotopic (exact) mass is 379 g/mol. The van der Waals surface area contributed by atoms with Crippen LogP contribution in [0.5, 0.6) is 5.75 Å². The summed E-state index contributed by atoms with van der Waals surface area (Å²) in [4.78, 5) is 38.9. The van der Waals surface area contributed by atoms with E-state index in [1.807, 2.05) is 37.3 Å². The average molecular weight is 379 g/mol. The SMILES string of the molecule is Cc1ccc(CNC(=O)CN2C(=O)NC3(CCOc4ccccc43)C2=O)cc1. The third-order valence-electron chi connectivity index (χ3n) is 5.17. The summed E-state index contributed by atoms with van der Waals surface area (Å²) in [5, 5.41) is 5.55. The number of benzene rings is 2. The number of imide groups is 1. The maximum atomic E-state index is 13.1. The maximum Gasteiger partial charge on any atom is 0.325 e. The summed E-state index contributed by atoms with van der Waals surface area (Å²) in [6.45, 7) is 2.33. The van der Waals surface area contributed by atoms with Gasteiger partial charge in [-0.3, -0.25) is 14.5 Å². The van der Waals surface area contributed by atoms with E-state index in [2.05, 4.69) is 10.6 Å². The van der Waals surface area contributed by atoms with E-state index in [1.54, 1.807) is 18.2 Å². The Morgan fingerprint density at radius 1 is 1.18 bits per heavy atom. The lowest BCUT2D eigenvalue weighted by atomic mass is 9.84. The topological polar surface area (TPSA) is 87.7 Å². The Hall–Kier alpha value is -3.35. The smallest absolute Gasteiger partial charge is 0.325 e. The quantitative estimate of drug-likeness (QED) is 0.794. The van der Waals surface area contributed by atoms with E-state index in [1.165, 1.54) is 0 Å².